The van der Waals surface area contributed by atoms with Crippen LogP contribution in [-0.2, 0) is 0 Å². The summed E-state index contributed by atoms with van der Waals surface area (Å²) in [7, 11) is 0. The molecule has 1 saturated heterocycles. The van der Waals surface area contributed by atoms with E-state index in [0.717, 1.165) is 56.0 Å². The van der Waals surface area contributed by atoms with Gasteiger partial charge in [-0.3, -0.25) is 4.90 Å². The summed E-state index contributed by atoms with van der Waals surface area (Å²) >= 11 is 0. The number of aliphatic hydroxyl groups is 1. The van der Waals surface area contributed by atoms with Crippen LogP contribution in [0.3, 0.4) is 0 Å². The summed E-state index contributed by atoms with van der Waals surface area (Å²) in [5.41, 5.74) is 0.994. The maximum absolute atomic E-state index is 9.03. The Bertz CT molecular complexity index is 575. The van der Waals surface area contributed by atoms with Crippen LogP contribution in [0.1, 0.15) is 6.42 Å². The molecule has 1 aromatic carbocycles. The second-order valence-corrected chi connectivity index (χ2v) is 5.13. The van der Waals surface area contributed by atoms with Crippen LogP contribution in [-0.4, -0.2) is 59.3 Å². The molecule has 5 nitrogen and oxygen atoms in total. The van der Waals surface area contributed by atoms with E-state index < -0.39 is 0 Å². The van der Waals surface area contributed by atoms with Gasteiger partial charge in [0.2, 0.25) is 5.95 Å². The summed E-state index contributed by atoms with van der Waals surface area (Å²) < 4.78 is 0. The first kappa shape index (κ1) is 13.3. The second kappa shape index (κ2) is 6.15. The van der Waals surface area contributed by atoms with Gasteiger partial charge in [0.1, 0.15) is 0 Å². The summed E-state index contributed by atoms with van der Waals surface area (Å²) in [5, 5.41) is 10.1. The van der Waals surface area contributed by atoms with Gasteiger partial charge >= 0.3 is 0 Å². The second-order valence-electron chi connectivity index (χ2n) is 5.13. The minimum atomic E-state index is 0.229. The van der Waals surface area contributed by atoms with Gasteiger partial charge in [0.05, 0.1) is 12.1 Å². The van der Waals surface area contributed by atoms with Crippen LogP contribution < -0.4 is 4.90 Å². The number of anilines is 1. The number of benzene rings is 1. The van der Waals surface area contributed by atoms with Gasteiger partial charge in [-0.25, -0.2) is 9.97 Å². The summed E-state index contributed by atoms with van der Waals surface area (Å²) in [6, 6.07) is 8.06. The molecule has 1 fully saturated rings. The summed E-state index contributed by atoms with van der Waals surface area (Å²) in [6.45, 7) is 4.86. The van der Waals surface area contributed by atoms with Crippen molar-refractivity contribution in [1.82, 2.24) is 14.9 Å². The SMILES string of the molecule is OCCN1CCCN(c2ncc3ccccc3n2)CC1. The highest BCUT2D eigenvalue weighted by molar-refractivity contribution is 5.78. The van der Waals surface area contributed by atoms with Crippen molar-refractivity contribution in [3.05, 3.63) is 30.5 Å². The van der Waals surface area contributed by atoms with E-state index >= 15 is 0 Å². The zero-order valence-corrected chi connectivity index (χ0v) is 11.6. The number of hydrogen-bond acceptors (Lipinski definition) is 5. The van der Waals surface area contributed by atoms with Gasteiger partial charge in [-0.05, 0) is 19.0 Å². The van der Waals surface area contributed by atoms with E-state index in [4.69, 9.17) is 5.11 Å². The third-order valence-electron chi connectivity index (χ3n) is 3.76. The summed E-state index contributed by atoms with van der Waals surface area (Å²) in [6.07, 6.45) is 2.98. The van der Waals surface area contributed by atoms with E-state index in [-0.39, 0.29) is 6.61 Å². The first-order chi connectivity index (χ1) is 9.86. The number of rotatable bonds is 3. The molecule has 5 heteroatoms. The third-order valence-corrected chi connectivity index (χ3v) is 3.76. The molecule has 0 aliphatic carbocycles. The van der Waals surface area contributed by atoms with Gasteiger partial charge in [-0.1, -0.05) is 18.2 Å². The van der Waals surface area contributed by atoms with Crippen molar-refractivity contribution in [3.8, 4) is 0 Å². The predicted octanol–water partition coefficient (Wildman–Crippen LogP) is 1.13. The molecule has 1 aliphatic rings. The monoisotopic (exact) mass is 272 g/mol. The average Bonchev–Trinajstić information content (AvgIpc) is 2.73. The normalized spacial score (nSPS) is 17.4. The lowest BCUT2D eigenvalue weighted by molar-refractivity contribution is 0.204. The van der Waals surface area contributed by atoms with E-state index in [1.807, 2.05) is 30.5 Å². The zero-order valence-electron chi connectivity index (χ0n) is 11.6. The number of aromatic nitrogens is 2. The third kappa shape index (κ3) is 2.89. The molecular weight excluding hydrogens is 252 g/mol. The Morgan fingerprint density at radius 2 is 2.00 bits per heavy atom. The molecule has 3 rings (SSSR count). The maximum Gasteiger partial charge on any atom is 0.225 e. The van der Waals surface area contributed by atoms with Crippen molar-refractivity contribution >= 4 is 16.9 Å². The number of fused-ring (bicyclic) bond motifs is 1. The van der Waals surface area contributed by atoms with E-state index in [0.29, 0.717) is 0 Å². The number of nitrogens with zero attached hydrogens (tertiary/aromatic N) is 4. The Hall–Kier alpha value is -1.72. The van der Waals surface area contributed by atoms with Crippen LogP contribution in [0.2, 0.25) is 0 Å². The quantitative estimate of drug-likeness (QED) is 0.908. The minimum absolute atomic E-state index is 0.229. The molecule has 0 amide bonds. The summed E-state index contributed by atoms with van der Waals surface area (Å²) in [5.74, 6) is 0.814. The highest BCUT2D eigenvalue weighted by Gasteiger charge is 2.16. The van der Waals surface area contributed by atoms with Crippen LogP contribution in [0, 0.1) is 0 Å². The van der Waals surface area contributed by atoms with Crippen LogP contribution in [0.15, 0.2) is 30.5 Å². The molecule has 1 aromatic heterocycles. The molecule has 0 atom stereocenters. The molecule has 1 N–H and O–H groups in total. The Labute approximate surface area is 118 Å². The van der Waals surface area contributed by atoms with Crippen molar-refractivity contribution in [1.29, 1.82) is 0 Å². The van der Waals surface area contributed by atoms with E-state index in [2.05, 4.69) is 19.8 Å². The fourth-order valence-corrected chi connectivity index (χ4v) is 2.65. The van der Waals surface area contributed by atoms with Crippen molar-refractivity contribution < 1.29 is 5.11 Å². The number of hydrogen-bond donors (Lipinski definition) is 1. The van der Waals surface area contributed by atoms with Crippen molar-refractivity contribution in [2.75, 3.05) is 44.2 Å². The smallest absolute Gasteiger partial charge is 0.225 e. The number of aliphatic hydroxyl groups excluding tert-OH is 1. The van der Waals surface area contributed by atoms with Gasteiger partial charge in [0.15, 0.2) is 0 Å². The molecule has 0 unspecified atom stereocenters. The predicted molar refractivity (Wildman–Crippen MR) is 79.9 cm³/mol. The molecule has 2 aromatic rings. The first-order valence-electron chi connectivity index (χ1n) is 7.17. The van der Waals surface area contributed by atoms with Crippen molar-refractivity contribution in [3.63, 3.8) is 0 Å². The van der Waals surface area contributed by atoms with Crippen LogP contribution in [0.5, 0.6) is 0 Å². The lowest BCUT2D eigenvalue weighted by atomic mass is 10.2. The summed E-state index contributed by atoms with van der Waals surface area (Å²) in [4.78, 5) is 13.7. The van der Waals surface area contributed by atoms with E-state index in [1.54, 1.807) is 0 Å². The fraction of sp³-hybridized carbons (Fsp3) is 0.467. The van der Waals surface area contributed by atoms with E-state index in [1.165, 1.54) is 0 Å². The highest BCUT2D eigenvalue weighted by atomic mass is 16.3. The van der Waals surface area contributed by atoms with Gasteiger partial charge < -0.3 is 10.0 Å². The first-order valence-corrected chi connectivity index (χ1v) is 7.17. The van der Waals surface area contributed by atoms with Crippen LogP contribution in [0.25, 0.3) is 10.9 Å². The largest absolute Gasteiger partial charge is 0.395 e. The molecule has 20 heavy (non-hydrogen) atoms. The molecule has 0 saturated carbocycles. The van der Waals surface area contributed by atoms with E-state index in [9.17, 15) is 0 Å². The molecule has 0 bridgehead atoms. The fourth-order valence-electron chi connectivity index (χ4n) is 2.65. The molecule has 1 aliphatic heterocycles. The van der Waals surface area contributed by atoms with Gasteiger partial charge in [0.25, 0.3) is 0 Å². The van der Waals surface area contributed by atoms with Gasteiger partial charge in [-0.2, -0.15) is 0 Å². The Morgan fingerprint density at radius 3 is 2.90 bits per heavy atom. The molecule has 0 spiro atoms. The lowest BCUT2D eigenvalue weighted by Crippen LogP contribution is -2.33. The number of β-amino-alcohol motifs (C(OH)–C–C–N with tert-alkyl or cyclic N) is 1. The van der Waals surface area contributed by atoms with Crippen LogP contribution in [0.4, 0.5) is 5.95 Å². The lowest BCUT2D eigenvalue weighted by Gasteiger charge is -2.21. The van der Waals surface area contributed by atoms with Crippen molar-refractivity contribution in [2.24, 2.45) is 0 Å². The Kier molecular flexibility index (Phi) is 4.08. The molecule has 0 radical (unpaired) electrons. The van der Waals surface area contributed by atoms with Gasteiger partial charge in [-0.15, -0.1) is 0 Å². The molecular formula is C15H20N4O. The maximum atomic E-state index is 9.03. The molecule has 106 valence electrons. The standard InChI is InChI=1S/C15H20N4O/c20-11-10-18-6-3-7-19(9-8-18)15-16-12-13-4-1-2-5-14(13)17-15/h1-2,4-5,12,20H,3,6-11H2. The average molecular weight is 272 g/mol. The zero-order chi connectivity index (χ0) is 13.8. The Balaban J connectivity index is 1.77. The van der Waals surface area contributed by atoms with Gasteiger partial charge in [0, 0.05) is 37.8 Å². The minimum Gasteiger partial charge on any atom is -0.395 e. The van der Waals surface area contributed by atoms with Crippen LogP contribution >= 0.6 is 0 Å². The molecule has 2 heterocycles. The number of para-hydroxylation sites is 1. The topological polar surface area (TPSA) is 52.5 Å². The van der Waals surface area contributed by atoms with Crippen molar-refractivity contribution in [2.45, 2.75) is 6.42 Å². The highest BCUT2D eigenvalue weighted by Crippen LogP contribution is 2.16. The Morgan fingerprint density at radius 1 is 1.10 bits per heavy atom.